The van der Waals surface area contributed by atoms with E-state index >= 15 is 0 Å². The summed E-state index contributed by atoms with van der Waals surface area (Å²) < 4.78 is 5.27. The van der Waals surface area contributed by atoms with Crippen molar-refractivity contribution in [2.24, 2.45) is 0 Å². The number of aromatic nitrogens is 1. The number of rotatable bonds is 8. The molecule has 0 radical (unpaired) electrons. The summed E-state index contributed by atoms with van der Waals surface area (Å²) in [7, 11) is 0. The van der Waals surface area contributed by atoms with Crippen LogP contribution >= 0.6 is 0 Å². The molecule has 34 heavy (non-hydrogen) atoms. The van der Waals surface area contributed by atoms with Gasteiger partial charge in [-0.3, -0.25) is 10.1 Å². The molecule has 3 aromatic rings. The van der Waals surface area contributed by atoms with E-state index in [1.54, 1.807) is 51.1 Å². The number of hydrogen-bond acceptors (Lipinski definition) is 7. The minimum absolute atomic E-state index is 0.0676. The molecule has 1 heterocycles. The Labute approximate surface area is 197 Å². The van der Waals surface area contributed by atoms with Crippen molar-refractivity contribution in [3.8, 4) is 11.3 Å². The molecule has 2 N–H and O–H groups in total. The Morgan fingerprint density at radius 3 is 2.35 bits per heavy atom. The number of pyridine rings is 1. The van der Waals surface area contributed by atoms with Gasteiger partial charge in [-0.25, -0.2) is 9.78 Å². The van der Waals surface area contributed by atoms with Crippen LogP contribution < -0.4 is 10.6 Å². The molecule has 1 unspecified atom stereocenters. The highest BCUT2D eigenvalue weighted by Crippen LogP contribution is 2.30. The maximum Gasteiger partial charge on any atom is 0.408 e. The standard InChI is InChI=1S/C25H26N4O5/c1-25(2,3)34-24(31)28-21(15-16-30)18-9-11-19(12-10-18)26-23-22(29(32)33)14-13-20(27-23)17-7-5-4-6-8-17/h4-14,16,21H,15H2,1-3H3,(H,26,27)(H,28,31). The highest BCUT2D eigenvalue weighted by molar-refractivity contribution is 5.71. The Balaban J connectivity index is 1.82. The van der Waals surface area contributed by atoms with Crippen LogP contribution in [-0.4, -0.2) is 27.9 Å². The molecule has 2 aromatic carbocycles. The van der Waals surface area contributed by atoms with Crippen molar-refractivity contribution in [3.05, 3.63) is 82.4 Å². The van der Waals surface area contributed by atoms with Crippen molar-refractivity contribution in [1.82, 2.24) is 10.3 Å². The highest BCUT2D eigenvalue weighted by Gasteiger charge is 2.21. The summed E-state index contributed by atoms with van der Waals surface area (Å²) in [5.41, 5.74) is 1.85. The van der Waals surface area contributed by atoms with Gasteiger partial charge >= 0.3 is 11.8 Å². The number of benzene rings is 2. The quantitative estimate of drug-likeness (QED) is 0.255. The summed E-state index contributed by atoms with van der Waals surface area (Å²) in [6.45, 7) is 5.26. The molecular formula is C25H26N4O5. The first-order chi connectivity index (χ1) is 16.2. The summed E-state index contributed by atoms with van der Waals surface area (Å²) in [5.74, 6) is 0.107. The van der Waals surface area contributed by atoms with Gasteiger partial charge < -0.3 is 20.2 Å². The second-order valence-corrected chi connectivity index (χ2v) is 8.54. The Kier molecular flexibility index (Phi) is 7.57. The number of amides is 1. The molecule has 0 aliphatic heterocycles. The summed E-state index contributed by atoms with van der Waals surface area (Å²) in [6, 6.07) is 18.6. The van der Waals surface area contributed by atoms with Gasteiger partial charge in [0.15, 0.2) is 0 Å². The first-order valence-corrected chi connectivity index (χ1v) is 10.7. The highest BCUT2D eigenvalue weighted by atomic mass is 16.6. The lowest BCUT2D eigenvalue weighted by atomic mass is 10.0. The van der Waals surface area contributed by atoms with Crippen molar-refractivity contribution in [3.63, 3.8) is 0 Å². The largest absolute Gasteiger partial charge is 0.444 e. The van der Waals surface area contributed by atoms with E-state index in [2.05, 4.69) is 15.6 Å². The van der Waals surface area contributed by atoms with Gasteiger partial charge in [0, 0.05) is 23.7 Å². The van der Waals surface area contributed by atoms with Crippen LogP contribution in [0.15, 0.2) is 66.7 Å². The molecule has 0 bridgehead atoms. The molecule has 176 valence electrons. The van der Waals surface area contributed by atoms with Crippen LogP contribution in [0.2, 0.25) is 0 Å². The van der Waals surface area contributed by atoms with Gasteiger partial charge in [-0.15, -0.1) is 0 Å². The minimum Gasteiger partial charge on any atom is -0.444 e. The molecule has 9 heteroatoms. The molecule has 0 saturated carbocycles. The Morgan fingerprint density at radius 2 is 1.76 bits per heavy atom. The first-order valence-electron chi connectivity index (χ1n) is 10.7. The summed E-state index contributed by atoms with van der Waals surface area (Å²) in [6.07, 6.45) is 0.161. The lowest BCUT2D eigenvalue weighted by Crippen LogP contribution is -2.35. The van der Waals surface area contributed by atoms with E-state index in [0.29, 0.717) is 16.9 Å². The van der Waals surface area contributed by atoms with E-state index in [1.165, 1.54) is 6.07 Å². The first kappa shape index (κ1) is 24.4. The van der Waals surface area contributed by atoms with Crippen LogP contribution in [-0.2, 0) is 9.53 Å². The van der Waals surface area contributed by atoms with Gasteiger partial charge in [-0.2, -0.15) is 0 Å². The van der Waals surface area contributed by atoms with Gasteiger partial charge in [-0.05, 0) is 44.5 Å². The number of alkyl carbamates (subject to hydrolysis) is 1. The van der Waals surface area contributed by atoms with E-state index in [4.69, 9.17) is 4.74 Å². The number of nitro groups is 1. The summed E-state index contributed by atoms with van der Waals surface area (Å²) >= 11 is 0. The Hall–Kier alpha value is -4.27. The van der Waals surface area contributed by atoms with Crippen molar-refractivity contribution in [2.45, 2.75) is 38.8 Å². The number of aldehydes is 1. The topological polar surface area (TPSA) is 123 Å². The van der Waals surface area contributed by atoms with Crippen molar-refractivity contribution in [2.75, 3.05) is 5.32 Å². The fourth-order valence-electron chi connectivity index (χ4n) is 3.22. The molecule has 1 amide bonds. The monoisotopic (exact) mass is 462 g/mol. The number of nitrogens with one attached hydrogen (secondary N) is 2. The second kappa shape index (κ2) is 10.6. The van der Waals surface area contributed by atoms with Crippen LogP contribution in [0.3, 0.4) is 0 Å². The number of hydrogen-bond donors (Lipinski definition) is 2. The molecule has 0 aliphatic carbocycles. The molecule has 0 saturated heterocycles. The molecular weight excluding hydrogens is 436 g/mol. The van der Waals surface area contributed by atoms with Crippen LogP contribution in [0.1, 0.15) is 38.8 Å². The zero-order valence-corrected chi connectivity index (χ0v) is 19.1. The second-order valence-electron chi connectivity index (χ2n) is 8.54. The average molecular weight is 463 g/mol. The maximum absolute atomic E-state index is 12.1. The predicted molar refractivity (Wildman–Crippen MR) is 129 cm³/mol. The molecule has 0 aliphatic rings. The smallest absolute Gasteiger partial charge is 0.408 e. The van der Waals surface area contributed by atoms with Crippen molar-refractivity contribution >= 4 is 29.6 Å². The van der Waals surface area contributed by atoms with Crippen molar-refractivity contribution in [1.29, 1.82) is 0 Å². The van der Waals surface area contributed by atoms with Gasteiger partial charge in [0.1, 0.15) is 11.9 Å². The van der Waals surface area contributed by atoms with Gasteiger partial charge in [-0.1, -0.05) is 42.5 Å². The third-order valence-electron chi connectivity index (χ3n) is 4.74. The minimum atomic E-state index is -0.667. The zero-order chi connectivity index (χ0) is 24.7. The van der Waals surface area contributed by atoms with E-state index in [1.807, 2.05) is 30.3 Å². The number of carbonyl (C=O) groups excluding carboxylic acids is 2. The fraction of sp³-hybridized carbons (Fsp3) is 0.240. The summed E-state index contributed by atoms with van der Waals surface area (Å²) in [5, 5.41) is 17.2. The Bertz CT molecular complexity index is 1160. The number of nitrogens with zero attached hydrogens (tertiary/aromatic N) is 2. The molecule has 9 nitrogen and oxygen atoms in total. The van der Waals surface area contributed by atoms with Crippen molar-refractivity contribution < 1.29 is 19.2 Å². The van der Waals surface area contributed by atoms with Crippen LogP contribution in [0.25, 0.3) is 11.3 Å². The molecule has 3 rings (SSSR count). The lowest BCUT2D eigenvalue weighted by Gasteiger charge is -2.23. The molecule has 1 atom stereocenters. The predicted octanol–water partition coefficient (Wildman–Crippen LogP) is 5.56. The van der Waals surface area contributed by atoms with Gasteiger partial charge in [0.2, 0.25) is 5.82 Å². The number of anilines is 2. The SMILES string of the molecule is CC(C)(C)OC(=O)NC(CC=O)c1ccc(Nc2nc(-c3ccccc3)ccc2[N+](=O)[O-])cc1. The molecule has 1 aromatic heterocycles. The fourth-order valence-corrected chi connectivity index (χ4v) is 3.22. The van der Waals surface area contributed by atoms with Gasteiger partial charge in [0.25, 0.3) is 0 Å². The van der Waals surface area contributed by atoms with Crippen LogP contribution in [0, 0.1) is 10.1 Å². The van der Waals surface area contributed by atoms with Crippen LogP contribution in [0.5, 0.6) is 0 Å². The molecule has 0 spiro atoms. The normalized spacial score (nSPS) is 11.9. The van der Waals surface area contributed by atoms with E-state index < -0.39 is 22.7 Å². The van der Waals surface area contributed by atoms with E-state index in [0.717, 1.165) is 11.8 Å². The van der Waals surface area contributed by atoms with Gasteiger partial charge in [0.05, 0.1) is 16.7 Å². The lowest BCUT2D eigenvalue weighted by molar-refractivity contribution is -0.384. The summed E-state index contributed by atoms with van der Waals surface area (Å²) in [4.78, 5) is 38.7. The number of ether oxygens (including phenoxy) is 1. The maximum atomic E-state index is 12.1. The Morgan fingerprint density at radius 1 is 1.09 bits per heavy atom. The molecule has 0 fully saturated rings. The van der Waals surface area contributed by atoms with Crippen LogP contribution in [0.4, 0.5) is 22.0 Å². The van der Waals surface area contributed by atoms with E-state index in [-0.39, 0.29) is 17.9 Å². The number of carbonyl (C=O) groups is 2. The third-order valence-corrected chi connectivity index (χ3v) is 4.74. The average Bonchev–Trinajstić information content (AvgIpc) is 2.78. The van der Waals surface area contributed by atoms with E-state index in [9.17, 15) is 19.7 Å². The zero-order valence-electron chi connectivity index (χ0n) is 19.1. The third kappa shape index (κ3) is 6.61.